The van der Waals surface area contributed by atoms with Gasteiger partial charge in [-0.2, -0.15) is 0 Å². The number of nitrogens with zero attached hydrogens (tertiary/aromatic N) is 1. The molecular formula is C18H24IN3. The van der Waals surface area contributed by atoms with Gasteiger partial charge in [0.15, 0.2) is 5.96 Å². The van der Waals surface area contributed by atoms with Crippen molar-refractivity contribution in [2.75, 3.05) is 13.6 Å². The molecular weight excluding hydrogens is 385 g/mol. The lowest BCUT2D eigenvalue weighted by Gasteiger charge is -2.12. The lowest BCUT2D eigenvalue weighted by Crippen LogP contribution is -2.37. The van der Waals surface area contributed by atoms with Crippen LogP contribution in [0.1, 0.15) is 16.7 Å². The summed E-state index contributed by atoms with van der Waals surface area (Å²) in [5.74, 6) is 0.839. The SMILES string of the molecule is CN=C(NCCc1cccc(C)c1)NCc1ccccc1.I. The number of benzene rings is 2. The van der Waals surface area contributed by atoms with Crippen LogP contribution in [0, 0.1) is 6.92 Å². The maximum absolute atomic E-state index is 4.25. The van der Waals surface area contributed by atoms with Crippen molar-refractivity contribution in [3.05, 3.63) is 71.3 Å². The molecule has 4 heteroatoms. The molecule has 0 saturated carbocycles. The van der Waals surface area contributed by atoms with Crippen LogP contribution in [0.2, 0.25) is 0 Å². The lowest BCUT2D eigenvalue weighted by atomic mass is 10.1. The van der Waals surface area contributed by atoms with E-state index in [1.165, 1.54) is 16.7 Å². The highest BCUT2D eigenvalue weighted by Crippen LogP contribution is 2.03. The Bertz CT molecular complexity index is 582. The zero-order valence-electron chi connectivity index (χ0n) is 13.2. The third-order valence-corrected chi connectivity index (χ3v) is 3.31. The van der Waals surface area contributed by atoms with Crippen LogP contribution in [-0.4, -0.2) is 19.6 Å². The van der Waals surface area contributed by atoms with Crippen molar-refractivity contribution < 1.29 is 0 Å². The van der Waals surface area contributed by atoms with Gasteiger partial charge in [0.05, 0.1) is 0 Å². The molecule has 0 aliphatic rings. The van der Waals surface area contributed by atoms with Crippen LogP contribution in [0.25, 0.3) is 0 Å². The van der Waals surface area contributed by atoms with Gasteiger partial charge < -0.3 is 10.6 Å². The number of aliphatic imine (C=N–C) groups is 1. The van der Waals surface area contributed by atoms with Crippen molar-refractivity contribution in [2.24, 2.45) is 4.99 Å². The number of guanidine groups is 1. The van der Waals surface area contributed by atoms with Crippen LogP contribution < -0.4 is 10.6 Å². The molecule has 0 bridgehead atoms. The van der Waals surface area contributed by atoms with Crippen molar-refractivity contribution in [3.8, 4) is 0 Å². The fourth-order valence-electron chi connectivity index (χ4n) is 2.20. The molecule has 0 unspecified atom stereocenters. The zero-order chi connectivity index (χ0) is 14.9. The summed E-state index contributed by atoms with van der Waals surface area (Å²) in [6, 6.07) is 18.9. The first-order chi connectivity index (χ1) is 10.3. The Hall–Kier alpha value is -1.56. The standard InChI is InChI=1S/C18H23N3.HI/c1-15-7-6-10-16(13-15)11-12-20-18(19-2)21-14-17-8-4-3-5-9-17;/h3-10,13H,11-12,14H2,1-2H3,(H2,19,20,21);1H. The van der Waals surface area contributed by atoms with Gasteiger partial charge in [0.25, 0.3) is 0 Å². The van der Waals surface area contributed by atoms with Crippen molar-refractivity contribution in [3.63, 3.8) is 0 Å². The summed E-state index contributed by atoms with van der Waals surface area (Å²) in [6.45, 7) is 3.78. The summed E-state index contributed by atoms with van der Waals surface area (Å²) in [7, 11) is 1.80. The zero-order valence-corrected chi connectivity index (χ0v) is 15.5. The molecule has 0 spiro atoms. The normalized spacial score (nSPS) is 10.7. The van der Waals surface area contributed by atoms with Crippen molar-refractivity contribution >= 4 is 29.9 Å². The van der Waals surface area contributed by atoms with Crippen molar-refractivity contribution in [2.45, 2.75) is 19.9 Å². The number of hydrogen-bond donors (Lipinski definition) is 2. The van der Waals surface area contributed by atoms with Gasteiger partial charge in [0.1, 0.15) is 0 Å². The molecule has 3 nitrogen and oxygen atoms in total. The Kier molecular flexibility index (Phi) is 8.58. The second-order valence-electron chi connectivity index (χ2n) is 5.08. The topological polar surface area (TPSA) is 36.4 Å². The number of aryl methyl sites for hydroxylation is 1. The molecule has 118 valence electrons. The molecule has 2 N–H and O–H groups in total. The van der Waals surface area contributed by atoms with Gasteiger partial charge in [-0.15, -0.1) is 24.0 Å². The van der Waals surface area contributed by atoms with Crippen LogP contribution in [0.5, 0.6) is 0 Å². The van der Waals surface area contributed by atoms with Crippen LogP contribution in [0.4, 0.5) is 0 Å². The van der Waals surface area contributed by atoms with Gasteiger partial charge in [-0.25, -0.2) is 0 Å². The van der Waals surface area contributed by atoms with E-state index in [9.17, 15) is 0 Å². The predicted octanol–water partition coefficient (Wildman–Crippen LogP) is 3.52. The highest BCUT2D eigenvalue weighted by atomic mass is 127. The van der Waals surface area contributed by atoms with Crippen molar-refractivity contribution in [1.82, 2.24) is 10.6 Å². The molecule has 0 saturated heterocycles. The van der Waals surface area contributed by atoms with E-state index < -0.39 is 0 Å². The highest BCUT2D eigenvalue weighted by Gasteiger charge is 1.98. The monoisotopic (exact) mass is 409 g/mol. The maximum Gasteiger partial charge on any atom is 0.191 e. The Balaban J connectivity index is 0.00000242. The van der Waals surface area contributed by atoms with Gasteiger partial charge in [-0.3, -0.25) is 4.99 Å². The third-order valence-electron chi connectivity index (χ3n) is 3.31. The van der Waals surface area contributed by atoms with Gasteiger partial charge in [-0.1, -0.05) is 60.2 Å². The first kappa shape index (κ1) is 18.5. The van der Waals surface area contributed by atoms with E-state index in [4.69, 9.17) is 0 Å². The smallest absolute Gasteiger partial charge is 0.191 e. The van der Waals surface area contributed by atoms with E-state index in [0.717, 1.165) is 25.5 Å². The average Bonchev–Trinajstić information content (AvgIpc) is 2.52. The highest BCUT2D eigenvalue weighted by molar-refractivity contribution is 14.0. The minimum Gasteiger partial charge on any atom is -0.356 e. The molecule has 0 radical (unpaired) electrons. The van der Waals surface area contributed by atoms with E-state index in [0.29, 0.717) is 0 Å². The molecule has 0 aliphatic heterocycles. The summed E-state index contributed by atoms with van der Waals surface area (Å²) in [5.41, 5.74) is 3.90. The molecule has 2 aromatic carbocycles. The second-order valence-corrected chi connectivity index (χ2v) is 5.08. The largest absolute Gasteiger partial charge is 0.356 e. The first-order valence-corrected chi connectivity index (χ1v) is 7.32. The van der Waals surface area contributed by atoms with Crippen molar-refractivity contribution in [1.29, 1.82) is 0 Å². The molecule has 2 rings (SSSR count). The molecule has 22 heavy (non-hydrogen) atoms. The molecule has 0 atom stereocenters. The fourth-order valence-corrected chi connectivity index (χ4v) is 2.20. The first-order valence-electron chi connectivity index (χ1n) is 7.32. The fraction of sp³-hybridized carbons (Fsp3) is 0.278. The summed E-state index contributed by atoms with van der Waals surface area (Å²) >= 11 is 0. The van der Waals surface area contributed by atoms with E-state index >= 15 is 0 Å². The van der Waals surface area contributed by atoms with Crippen LogP contribution in [-0.2, 0) is 13.0 Å². The lowest BCUT2D eigenvalue weighted by molar-refractivity contribution is 0.794. The van der Waals surface area contributed by atoms with E-state index in [1.807, 2.05) is 18.2 Å². The predicted molar refractivity (Wildman–Crippen MR) is 105 cm³/mol. The minimum absolute atomic E-state index is 0. The molecule has 0 fully saturated rings. The van der Waals surface area contributed by atoms with E-state index in [2.05, 4.69) is 58.9 Å². The summed E-state index contributed by atoms with van der Waals surface area (Å²) in [5, 5.41) is 6.67. The summed E-state index contributed by atoms with van der Waals surface area (Å²) in [6.07, 6.45) is 0.994. The van der Waals surface area contributed by atoms with Gasteiger partial charge >= 0.3 is 0 Å². The Morgan fingerprint density at radius 3 is 2.36 bits per heavy atom. The van der Waals surface area contributed by atoms with E-state index in [-0.39, 0.29) is 24.0 Å². The average molecular weight is 409 g/mol. The number of rotatable bonds is 5. The number of nitrogens with one attached hydrogen (secondary N) is 2. The summed E-state index contributed by atoms with van der Waals surface area (Å²) in [4.78, 5) is 4.25. The van der Waals surface area contributed by atoms with Crippen LogP contribution >= 0.6 is 24.0 Å². The molecule has 0 aliphatic carbocycles. The second kappa shape index (κ2) is 10.2. The summed E-state index contributed by atoms with van der Waals surface area (Å²) < 4.78 is 0. The maximum atomic E-state index is 4.25. The molecule has 0 heterocycles. The van der Waals surface area contributed by atoms with Gasteiger partial charge in [0.2, 0.25) is 0 Å². The third kappa shape index (κ3) is 6.47. The van der Waals surface area contributed by atoms with Gasteiger partial charge in [0, 0.05) is 20.1 Å². The quantitative estimate of drug-likeness (QED) is 0.451. The minimum atomic E-state index is 0. The Labute approximate surface area is 150 Å². The molecule has 2 aromatic rings. The molecule has 0 aromatic heterocycles. The van der Waals surface area contributed by atoms with Crippen LogP contribution in [0.15, 0.2) is 59.6 Å². The Morgan fingerprint density at radius 2 is 1.68 bits per heavy atom. The number of hydrogen-bond acceptors (Lipinski definition) is 1. The van der Waals surface area contributed by atoms with Crippen LogP contribution in [0.3, 0.4) is 0 Å². The molecule has 0 amide bonds. The Morgan fingerprint density at radius 1 is 0.955 bits per heavy atom. The van der Waals surface area contributed by atoms with E-state index in [1.54, 1.807) is 7.05 Å². The van der Waals surface area contributed by atoms with Gasteiger partial charge in [-0.05, 0) is 24.5 Å². The number of halogens is 1.